The zero-order valence-corrected chi connectivity index (χ0v) is 20.1. The molecule has 3 amide bonds. The van der Waals surface area contributed by atoms with Crippen molar-refractivity contribution in [2.45, 2.75) is 32.4 Å². The van der Waals surface area contributed by atoms with Gasteiger partial charge in [-0.1, -0.05) is 35.9 Å². The standard InChI is InChI=1S/C25H27ClF3N3O3/c1-17-5-2-3-8-20(17)35-15-21(33)31-12-9-24(10-13-31)11-14-32(16-24)23(34)30-22-18(25(27,28)29)6-4-7-19(22)26/h2-8H,9-16H2,1H3,(H,30,34). The minimum absolute atomic E-state index is 0.0360. The molecule has 2 aliphatic heterocycles. The monoisotopic (exact) mass is 509 g/mol. The van der Waals surface area contributed by atoms with Crippen LogP contribution >= 0.6 is 11.6 Å². The number of carbonyl (C=O) groups is 2. The summed E-state index contributed by atoms with van der Waals surface area (Å²) in [7, 11) is 0. The Morgan fingerprint density at radius 3 is 2.34 bits per heavy atom. The van der Waals surface area contributed by atoms with Gasteiger partial charge in [0.1, 0.15) is 5.75 Å². The van der Waals surface area contributed by atoms with Gasteiger partial charge < -0.3 is 19.9 Å². The van der Waals surface area contributed by atoms with Gasteiger partial charge in [0.2, 0.25) is 0 Å². The van der Waals surface area contributed by atoms with Crippen LogP contribution in [0.25, 0.3) is 0 Å². The predicted molar refractivity (Wildman–Crippen MR) is 127 cm³/mol. The Morgan fingerprint density at radius 1 is 1.03 bits per heavy atom. The van der Waals surface area contributed by atoms with Gasteiger partial charge in [0.25, 0.3) is 5.91 Å². The number of para-hydroxylation sites is 2. The number of piperidine rings is 1. The van der Waals surface area contributed by atoms with Crippen molar-refractivity contribution in [2.75, 3.05) is 38.1 Å². The number of hydrogen-bond donors (Lipinski definition) is 1. The van der Waals surface area contributed by atoms with Crippen molar-refractivity contribution in [3.8, 4) is 5.75 Å². The summed E-state index contributed by atoms with van der Waals surface area (Å²) in [4.78, 5) is 28.7. The van der Waals surface area contributed by atoms with Gasteiger partial charge in [-0.3, -0.25) is 4.79 Å². The second kappa shape index (κ2) is 9.97. The van der Waals surface area contributed by atoms with E-state index >= 15 is 0 Å². The van der Waals surface area contributed by atoms with Crippen molar-refractivity contribution in [1.29, 1.82) is 0 Å². The van der Waals surface area contributed by atoms with Crippen LogP contribution in [0.15, 0.2) is 42.5 Å². The number of anilines is 1. The minimum atomic E-state index is -4.64. The lowest BCUT2D eigenvalue weighted by Gasteiger charge is -2.39. The molecule has 188 valence electrons. The lowest BCUT2D eigenvalue weighted by atomic mass is 9.78. The number of ether oxygens (including phenoxy) is 1. The van der Waals surface area contributed by atoms with Gasteiger partial charge in [0.05, 0.1) is 16.3 Å². The third-order valence-corrected chi connectivity index (χ3v) is 7.21. The fourth-order valence-electron chi connectivity index (χ4n) is 4.77. The van der Waals surface area contributed by atoms with Crippen molar-refractivity contribution in [1.82, 2.24) is 9.80 Å². The molecule has 2 saturated heterocycles. The van der Waals surface area contributed by atoms with Crippen LogP contribution in [0.1, 0.15) is 30.4 Å². The van der Waals surface area contributed by atoms with Gasteiger partial charge in [-0.15, -0.1) is 0 Å². The van der Waals surface area contributed by atoms with Crippen molar-refractivity contribution in [2.24, 2.45) is 5.41 Å². The molecule has 1 N–H and O–H groups in total. The average molecular weight is 510 g/mol. The summed E-state index contributed by atoms with van der Waals surface area (Å²) in [6.45, 7) is 3.84. The Kier molecular flexibility index (Phi) is 7.17. The Hall–Kier alpha value is -2.94. The topological polar surface area (TPSA) is 61.9 Å². The van der Waals surface area contributed by atoms with Crippen LogP contribution in [-0.4, -0.2) is 54.5 Å². The number of hydrogen-bond acceptors (Lipinski definition) is 3. The summed E-state index contributed by atoms with van der Waals surface area (Å²) >= 11 is 5.97. The normalized spacial score (nSPS) is 17.5. The van der Waals surface area contributed by atoms with Crippen LogP contribution in [0.5, 0.6) is 5.75 Å². The molecule has 2 aromatic rings. The summed E-state index contributed by atoms with van der Waals surface area (Å²) in [5.41, 5.74) is -0.603. The molecule has 0 aromatic heterocycles. The second-order valence-electron chi connectivity index (χ2n) is 9.20. The zero-order valence-electron chi connectivity index (χ0n) is 19.3. The fraction of sp³-hybridized carbons (Fsp3) is 0.440. The number of alkyl halides is 3. The maximum Gasteiger partial charge on any atom is 0.418 e. The molecule has 10 heteroatoms. The van der Waals surface area contributed by atoms with E-state index in [0.717, 1.165) is 18.1 Å². The van der Waals surface area contributed by atoms with Crippen LogP contribution in [-0.2, 0) is 11.0 Å². The Bertz CT molecular complexity index is 1100. The van der Waals surface area contributed by atoms with Gasteiger partial charge in [0.15, 0.2) is 6.61 Å². The highest BCUT2D eigenvalue weighted by Gasteiger charge is 2.43. The van der Waals surface area contributed by atoms with E-state index in [2.05, 4.69) is 5.32 Å². The molecular formula is C25H27ClF3N3O3. The molecule has 1 spiro atoms. The molecule has 2 aliphatic rings. The van der Waals surface area contributed by atoms with E-state index in [1.54, 1.807) is 4.90 Å². The number of benzene rings is 2. The highest BCUT2D eigenvalue weighted by molar-refractivity contribution is 6.33. The number of nitrogens with one attached hydrogen (secondary N) is 1. The van der Waals surface area contributed by atoms with Gasteiger partial charge in [0, 0.05) is 26.2 Å². The fourth-order valence-corrected chi connectivity index (χ4v) is 4.99. The summed E-state index contributed by atoms with van der Waals surface area (Å²) in [6.07, 6.45) is -2.47. The first-order chi connectivity index (χ1) is 16.6. The van der Waals surface area contributed by atoms with Crippen molar-refractivity contribution >= 4 is 29.2 Å². The molecule has 2 heterocycles. The Balaban J connectivity index is 1.31. The largest absolute Gasteiger partial charge is 0.484 e. The summed E-state index contributed by atoms with van der Waals surface area (Å²) < 4.78 is 45.7. The van der Waals surface area contributed by atoms with Crippen LogP contribution in [0.4, 0.5) is 23.7 Å². The van der Waals surface area contributed by atoms with E-state index in [1.807, 2.05) is 31.2 Å². The molecule has 0 atom stereocenters. The molecule has 0 saturated carbocycles. The molecule has 2 aromatic carbocycles. The highest BCUT2D eigenvalue weighted by Crippen LogP contribution is 2.42. The summed E-state index contributed by atoms with van der Waals surface area (Å²) in [5, 5.41) is 2.20. The molecule has 35 heavy (non-hydrogen) atoms. The van der Waals surface area contributed by atoms with E-state index in [0.29, 0.717) is 44.8 Å². The molecule has 6 nitrogen and oxygen atoms in total. The van der Waals surface area contributed by atoms with E-state index in [9.17, 15) is 22.8 Å². The first kappa shape index (κ1) is 25.2. The van der Waals surface area contributed by atoms with Gasteiger partial charge in [-0.25, -0.2) is 4.79 Å². The van der Waals surface area contributed by atoms with Crippen molar-refractivity contribution in [3.05, 3.63) is 58.6 Å². The third-order valence-electron chi connectivity index (χ3n) is 6.90. The number of carbonyl (C=O) groups excluding carboxylic acids is 2. The van der Waals surface area contributed by atoms with Crippen molar-refractivity contribution < 1.29 is 27.5 Å². The Labute approximate surface area is 207 Å². The molecule has 0 unspecified atom stereocenters. The first-order valence-corrected chi connectivity index (χ1v) is 11.8. The predicted octanol–water partition coefficient (Wildman–Crippen LogP) is 5.59. The van der Waals surface area contributed by atoms with Crippen LogP contribution < -0.4 is 10.1 Å². The molecule has 0 bridgehead atoms. The van der Waals surface area contributed by atoms with Crippen LogP contribution in [0.3, 0.4) is 0 Å². The molecule has 0 radical (unpaired) electrons. The van der Waals surface area contributed by atoms with Gasteiger partial charge in [-0.2, -0.15) is 13.2 Å². The number of urea groups is 1. The molecule has 4 rings (SSSR count). The van der Waals surface area contributed by atoms with Gasteiger partial charge >= 0.3 is 12.2 Å². The van der Waals surface area contributed by atoms with E-state index in [-0.39, 0.29) is 23.0 Å². The summed E-state index contributed by atoms with van der Waals surface area (Å²) in [5.74, 6) is 0.591. The van der Waals surface area contributed by atoms with Crippen LogP contribution in [0.2, 0.25) is 5.02 Å². The molecular weight excluding hydrogens is 483 g/mol. The summed E-state index contributed by atoms with van der Waals surface area (Å²) in [6, 6.07) is 10.3. The van der Waals surface area contributed by atoms with Crippen LogP contribution in [0, 0.1) is 12.3 Å². The minimum Gasteiger partial charge on any atom is -0.484 e. The van der Waals surface area contributed by atoms with Crippen molar-refractivity contribution in [3.63, 3.8) is 0 Å². The molecule has 2 fully saturated rings. The molecule has 0 aliphatic carbocycles. The number of halogens is 4. The third kappa shape index (κ3) is 5.66. The number of nitrogens with zero attached hydrogens (tertiary/aromatic N) is 2. The second-order valence-corrected chi connectivity index (χ2v) is 9.60. The lowest BCUT2D eigenvalue weighted by molar-refractivity contribution is -0.137. The van der Waals surface area contributed by atoms with Gasteiger partial charge in [-0.05, 0) is 55.4 Å². The average Bonchev–Trinajstić information content (AvgIpc) is 3.23. The number of rotatable bonds is 4. The quantitative estimate of drug-likeness (QED) is 0.584. The van der Waals surface area contributed by atoms with E-state index < -0.39 is 23.5 Å². The SMILES string of the molecule is Cc1ccccc1OCC(=O)N1CCC2(CC1)CCN(C(=O)Nc1c(Cl)cccc1C(F)(F)F)C2. The maximum atomic E-state index is 13.3. The smallest absolute Gasteiger partial charge is 0.418 e. The number of amides is 3. The lowest BCUT2D eigenvalue weighted by Crippen LogP contribution is -2.46. The first-order valence-electron chi connectivity index (χ1n) is 11.5. The van der Waals surface area contributed by atoms with E-state index in [4.69, 9.17) is 16.3 Å². The highest BCUT2D eigenvalue weighted by atomic mass is 35.5. The number of aryl methyl sites for hydroxylation is 1. The van der Waals surface area contributed by atoms with E-state index in [1.165, 1.54) is 17.0 Å². The number of likely N-dealkylation sites (tertiary alicyclic amines) is 2. The maximum absolute atomic E-state index is 13.3. The Morgan fingerprint density at radius 2 is 1.69 bits per heavy atom. The zero-order chi connectivity index (χ0) is 25.2.